The first-order valence-electron chi connectivity index (χ1n) is 52.9. The molecule has 780 valence electrons. The summed E-state index contributed by atoms with van der Waals surface area (Å²) in [6.45, 7) is 25.6. The lowest BCUT2D eigenvalue weighted by Crippen LogP contribution is -2.55. The average Bonchev–Trinajstić information content (AvgIpc) is 1.64. The van der Waals surface area contributed by atoms with Crippen LogP contribution in [0.3, 0.4) is 0 Å². The smallest absolute Gasteiger partial charge is 0.243 e. The van der Waals surface area contributed by atoms with Crippen molar-refractivity contribution in [1.29, 1.82) is 0 Å². The van der Waals surface area contributed by atoms with Crippen LogP contribution in [0.25, 0.3) is 33.1 Å². The first-order valence-corrected chi connectivity index (χ1v) is 52.9. The third-order valence-corrected chi connectivity index (χ3v) is 33.2. The molecule has 3 aliphatic heterocycles. The highest BCUT2D eigenvalue weighted by Crippen LogP contribution is 2.37. The number of pyridine rings is 6. The lowest BCUT2D eigenvalue weighted by molar-refractivity contribution is -0.949. The van der Waals surface area contributed by atoms with Crippen LogP contribution >= 0.6 is 0 Å². The minimum absolute atomic E-state index is 0. The number of hydrogen-bond donors (Lipinski definition) is 6. The van der Waals surface area contributed by atoms with Crippen molar-refractivity contribution in [2.24, 2.45) is 14.1 Å². The van der Waals surface area contributed by atoms with Gasteiger partial charge in [-0.3, -0.25) is 0 Å². The summed E-state index contributed by atoms with van der Waals surface area (Å²) in [5.74, 6) is 0. The van der Waals surface area contributed by atoms with E-state index in [0.717, 1.165) is 259 Å². The van der Waals surface area contributed by atoms with Crippen LogP contribution in [0, 0.1) is 44.6 Å². The Morgan fingerprint density at radius 2 is 0.559 bits per heavy atom. The van der Waals surface area contributed by atoms with E-state index >= 15 is 0 Å². The highest BCUT2D eigenvalue weighted by molar-refractivity contribution is 5.77. The molecule has 0 unspecified atom stereocenters. The molecule has 23 rings (SSSR count). The zero-order chi connectivity index (χ0) is 95.3. The lowest BCUT2D eigenvalue weighted by atomic mass is 10.1. The molecule has 6 aliphatic carbocycles. The van der Waals surface area contributed by atoms with Gasteiger partial charge in [0.15, 0.2) is 0 Å². The number of ether oxygens (including phenoxy) is 1. The number of nitrogen functional groups attached to an aromatic ring is 6. The Morgan fingerprint density at radius 1 is 0.315 bits per heavy atom. The quantitative estimate of drug-likeness (QED) is 0.0121. The van der Waals surface area contributed by atoms with Gasteiger partial charge >= 0.3 is 0 Å². The van der Waals surface area contributed by atoms with Gasteiger partial charge < -0.3 is 102 Å². The molecule has 0 saturated carbocycles. The SMILES string of the molecule is CC(C)[N+](C)(CCCc1nn2c3c(ccc2c1N)CCC3)C(C)C.C[N+]1(CCCc2nn3c4c(ccc3c2N)CCC4)CCCC1.C[N+]1(CCCc2nn3c4c(ccc3c2N)CCC4)CCCCC1.C[N+]1(CCCc2nn3c4c(ccc3c2N)CCC4)CCOCC1.C[n+]1ccn(CCCCc2nn3c4c(ccc3c2N)CCC4)c1.C[n+]1ccn(CCCc2nn3c4c(ccc3c2N)CCC4)c1.[CH3-].[CH3-].[CH3-].[CH3-].[CH3-].[CH3-]. The van der Waals surface area contributed by atoms with Gasteiger partial charge in [-0.25, -0.2) is 45.4 Å². The first-order chi connectivity index (χ1) is 66.3. The van der Waals surface area contributed by atoms with Crippen LogP contribution in [0.15, 0.2) is 110 Å². The minimum Gasteiger partial charge on any atom is -0.395 e. The molecule has 0 atom stereocenters. The number of likely N-dealkylation sites (tertiary alicyclic amines) is 2. The Kier molecular flexibility index (Phi) is 37.6. The van der Waals surface area contributed by atoms with E-state index in [1.165, 1.54) is 251 Å². The van der Waals surface area contributed by atoms with Crippen molar-refractivity contribution in [2.75, 3.05) is 141 Å². The number of quaternary nitrogens is 4. The number of fused-ring (bicyclic) bond motifs is 18. The fourth-order valence-electron chi connectivity index (χ4n) is 24.1. The Hall–Kier alpha value is -10.8. The van der Waals surface area contributed by atoms with Crippen LogP contribution in [0.2, 0.25) is 0 Å². The molecule has 27 nitrogen and oxygen atoms in total. The Labute approximate surface area is 856 Å². The second-order valence-electron chi connectivity index (χ2n) is 43.5. The van der Waals surface area contributed by atoms with E-state index in [9.17, 15) is 0 Å². The molecule has 3 saturated heterocycles. The van der Waals surface area contributed by atoms with E-state index in [1.54, 1.807) is 0 Å². The summed E-state index contributed by atoms with van der Waals surface area (Å²) in [5.41, 5.74) is 73.4. The standard InChI is InChI=1S/C20H33N4.C19H29N4.C18H24N5.C18H27N4O.C18H27N4.C17H22N5.6CH3/c1-14(2)24(5,15(3)4)13-7-9-17-20(21)19-12-11-16-8-6-10-18(16)23(19)22-17;1-23(12-3-2-4-13-23)14-6-8-16-19(20)18-11-10-15-7-5-9-17(15)22(18)21-16;1-21-11-12-22(13-21)10-3-2-6-15-18(19)17-9-8-14-5-4-7-16(14)23(17)20-15;1-22(10-12-23-13-11-22)9-3-5-15-18(19)17-8-7-14-4-2-6-16(14)21(17)20-15;1-22(11-2-3-12-22)13-5-7-15-18(19)17-10-9-14-6-4-8-16(14)21(17)20-15;1-20-10-11-21(12-20)9-3-5-14-17(18)16-8-7-13-4-2-6-15(13)22(16)19-14;;;;;;/h11-12,14-15H,6-10,13,21H2,1-5H3;10-11H,2-9,12-14,20H2,1H3;8-9,11-13H,2-7,10,19H2,1H3;7-8H,2-6,9-13,19H2,1H3;9-10H,2-8,11-13,19H2,1H3;7-8,10-12H,2-6,9,18H2,1H3;6*1H3/q6*+1;6*-1. The maximum atomic E-state index is 6.41. The van der Waals surface area contributed by atoms with Gasteiger partial charge in [0, 0.05) is 72.7 Å². The van der Waals surface area contributed by atoms with Crippen LogP contribution in [0.5, 0.6) is 0 Å². The largest absolute Gasteiger partial charge is 0.395 e. The fraction of sp³-hybridized carbons (Fsp3) is 0.534. The summed E-state index contributed by atoms with van der Waals surface area (Å²) in [7, 11) is 13.6. The van der Waals surface area contributed by atoms with Crippen molar-refractivity contribution < 1.29 is 31.8 Å². The topological polar surface area (TPSA) is 287 Å². The third-order valence-electron chi connectivity index (χ3n) is 33.2. The molecule has 0 radical (unpaired) electrons. The van der Waals surface area contributed by atoms with Gasteiger partial charge in [0.05, 0.1) is 234 Å². The molecule has 9 aliphatic rings. The molecule has 27 heteroatoms. The van der Waals surface area contributed by atoms with Crippen molar-refractivity contribution in [1.82, 2.24) is 66.8 Å². The number of nitrogens with two attached hydrogens (primary N) is 6. The van der Waals surface area contributed by atoms with Crippen LogP contribution in [0.1, 0.15) is 245 Å². The molecule has 3 fully saturated rings. The zero-order valence-corrected chi connectivity index (χ0v) is 90.7. The normalized spacial score (nSPS) is 16.4. The number of piperidine rings is 1. The number of likely N-dealkylation sites (N-methyl/N-ethyl adjacent to an activating group) is 1. The highest BCUT2D eigenvalue weighted by Gasteiger charge is 2.34. The zero-order valence-electron chi connectivity index (χ0n) is 90.7. The minimum atomic E-state index is 0. The molecule has 0 spiro atoms. The number of hydrogen-bond acceptors (Lipinski definition) is 13. The predicted octanol–water partition coefficient (Wildman–Crippen LogP) is 17.4. The van der Waals surface area contributed by atoms with Crippen molar-refractivity contribution in [3.8, 4) is 0 Å². The number of rotatable bonds is 27. The Bertz CT molecular complexity index is 6400. The van der Waals surface area contributed by atoms with Crippen LogP contribution in [-0.2, 0) is 147 Å². The van der Waals surface area contributed by atoms with Gasteiger partial charge in [0.2, 0.25) is 12.7 Å². The van der Waals surface area contributed by atoms with Crippen molar-refractivity contribution in [3.05, 3.63) is 257 Å². The summed E-state index contributed by atoms with van der Waals surface area (Å²) < 4.78 is 31.4. The van der Waals surface area contributed by atoms with E-state index in [1.807, 2.05) is 14.1 Å². The number of aryl methyl sites for hydroxylation is 22. The number of unbranched alkanes of at least 4 members (excludes halogenated alkanes) is 1. The Morgan fingerprint density at radius 3 is 0.825 bits per heavy atom. The number of nitrogens with zero attached hydrogens (tertiary/aromatic N) is 20. The van der Waals surface area contributed by atoms with Gasteiger partial charge in [-0.15, -0.1) is 0 Å². The van der Waals surface area contributed by atoms with E-state index in [2.05, 4.69) is 211 Å². The van der Waals surface area contributed by atoms with Gasteiger partial charge in [-0.1, -0.05) is 36.4 Å². The maximum absolute atomic E-state index is 6.41. The fourth-order valence-corrected chi connectivity index (χ4v) is 24.1. The molecule has 143 heavy (non-hydrogen) atoms. The van der Waals surface area contributed by atoms with Crippen LogP contribution in [-0.4, -0.2) is 204 Å². The summed E-state index contributed by atoms with van der Waals surface area (Å²) in [4.78, 5) is 0. The molecule has 0 bridgehead atoms. The van der Waals surface area contributed by atoms with E-state index in [4.69, 9.17) is 69.7 Å². The average molecular weight is 1950 g/mol. The molecule has 14 aromatic heterocycles. The molecule has 0 amide bonds. The molecular weight excluding hydrogens is 1770 g/mol. The van der Waals surface area contributed by atoms with Crippen molar-refractivity contribution in [2.45, 2.75) is 284 Å². The monoisotopic (exact) mass is 1950 g/mol. The number of imidazole rings is 2. The van der Waals surface area contributed by atoms with E-state index < -0.39 is 0 Å². The first kappa shape index (κ1) is 111. The summed E-state index contributed by atoms with van der Waals surface area (Å²) in [6.07, 6.45) is 54.6. The number of morpholine rings is 1. The molecule has 17 heterocycles. The van der Waals surface area contributed by atoms with Crippen molar-refractivity contribution >= 4 is 67.2 Å². The molecular formula is C116H180N26O. The summed E-state index contributed by atoms with van der Waals surface area (Å²) in [5, 5.41) is 29.1. The van der Waals surface area contributed by atoms with Gasteiger partial charge in [0.25, 0.3) is 0 Å². The van der Waals surface area contributed by atoms with Gasteiger partial charge in [-0.05, 0) is 290 Å². The number of aromatic nitrogens is 16. The van der Waals surface area contributed by atoms with Crippen molar-refractivity contribution in [3.63, 3.8) is 0 Å². The molecule has 0 aromatic carbocycles. The second kappa shape index (κ2) is 48.4. The lowest BCUT2D eigenvalue weighted by Gasteiger charge is -2.42. The maximum Gasteiger partial charge on any atom is 0.243 e. The number of anilines is 6. The third kappa shape index (κ3) is 24.4. The van der Waals surface area contributed by atoms with E-state index in [-0.39, 0.29) is 44.6 Å². The van der Waals surface area contributed by atoms with E-state index in [0.29, 0.717) is 12.1 Å². The molecule has 14 aromatic rings. The summed E-state index contributed by atoms with van der Waals surface area (Å²) in [6, 6.07) is 27.6. The van der Waals surface area contributed by atoms with Gasteiger partial charge in [0.1, 0.15) is 37.9 Å². The van der Waals surface area contributed by atoms with Crippen LogP contribution in [0.4, 0.5) is 34.1 Å². The van der Waals surface area contributed by atoms with Crippen LogP contribution < -0.4 is 43.5 Å². The summed E-state index contributed by atoms with van der Waals surface area (Å²) >= 11 is 0. The predicted molar refractivity (Wildman–Crippen MR) is 592 cm³/mol. The molecule has 12 N–H and O–H groups in total. The Balaban J connectivity index is 0.000000152. The van der Waals surface area contributed by atoms with Gasteiger partial charge in [-0.2, -0.15) is 30.6 Å². The second-order valence-corrected chi connectivity index (χ2v) is 43.5. The highest BCUT2D eigenvalue weighted by atomic mass is 16.5.